The van der Waals surface area contributed by atoms with Gasteiger partial charge in [-0.15, -0.1) is 11.8 Å². The number of ether oxygens (including phenoxy) is 1. The zero-order valence-electron chi connectivity index (χ0n) is 10.2. The number of rotatable bonds is 3. The average Bonchev–Trinajstić information content (AvgIpc) is 2.40. The predicted octanol–water partition coefficient (Wildman–Crippen LogP) is 3.68. The fourth-order valence-corrected chi connectivity index (χ4v) is 3.50. The van der Waals surface area contributed by atoms with Gasteiger partial charge >= 0.3 is 0 Å². The molecule has 0 aromatic heterocycles. The van der Waals surface area contributed by atoms with E-state index in [4.69, 9.17) is 4.74 Å². The smallest absolute Gasteiger partial charge is 0.237 e. The van der Waals surface area contributed by atoms with E-state index in [9.17, 15) is 4.79 Å². The third kappa shape index (κ3) is 3.42. The van der Waals surface area contributed by atoms with Crippen molar-refractivity contribution in [2.24, 2.45) is 0 Å². The highest BCUT2D eigenvalue weighted by Gasteiger charge is 2.22. The number of hydrogen-bond donors (Lipinski definition) is 1. The van der Waals surface area contributed by atoms with E-state index in [1.165, 1.54) is 6.42 Å². The van der Waals surface area contributed by atoms with Crippen molar-refractivity contribution in [3.05, 3.63) is 22.7 Å². The van der Waals surface area contributed by atoms with Gasteiger partial charge in [-0.05, 0) is 36.8 Å². The molecule has 0 spiro atoms. The molecule has 0 saturated carbocycles. The topological polar surface area (TPSA) is 38.3 Å². The molecule has 1 aliphatic heterocycles. The second kappa shape index (κ2) is 6.48. The van der Waals surface area contributed by atoms with Crippen molar-refractivity contribution in [1.29, 1.82) is 0 Å². The molecule has 1 fully saturated rings. The number of methoxy groups -OCH3 is 1. The molecule has 1 atom stereocenters. The van der Waals surface area contributed by atoms with Crippen LogP contribution >= 0.6 is 27.7 Å². The van der Waals surface area contributed by atoms with Crippen LogP contribution < -0.4 is 10.1 Å². The zero-order valence-corrected chi connectivity index (χ0v) is 12.6. The van der Waals surface area contributed by atoms with Gasteiger partial charge in [0.25, 0.3) is 0 Å². The molecule has 18 heavy (non-hydrogen) atoms. The molecule has 1 aromatic carbocycles. The molecule has 0 bridgehead atoms. The maximum atomic E-state index is 12.1. The Bertz CT molecular complexity index is 433. The standard InChI is InChI=1S/C13H16BrNO2S/c1-17-11-6-5-9(14)8-10(11)15-13(16)12-4-2-3-7-18-12/h5-6,8,12H,2-4,7H2,1H3,(H,15,16). The molecule has 1 unspecified atom stereocenters. The van der Waals surface area contributed by atoms with Crippen molar-refractivity contribution in [2.45, 2.75) is 24.5 Å². The first-order chi connectivity index (χ1) is 8.70. The van der Waals surface area contributed by atoms with E-state index in [0.29, 0.717) is 5.75 Å². The maximum Gasteiger partial charge on any atom is 0.237 e. The summed E-state index contributed by atoms with van der Waals surface area (Å²) in [6.45, 7) is 0. The highest BCUT2D eigenvalue weighted by Crippen LogP contribution is 2.30. The summed E-state index contributed by atoms with van der Waals surface area (Å²) in [5.74, 6) is 1.84. The SMILES string of the molecule is COc1ccc(Br)cc1NC(=O)C1CCCCS1. The number of benzene rings is 1. The molecule has 1 N–H and O–H groups in total. The fourth-order valence-electron chi connectivity index (χ4n) is 1.94. The lowest BCUT2D eigenvalue weighted by molar-refractivity contribution is -0.115. The van der Waals surface area contributed by atoms with E-state index in [0.717, 1.165) is 28.8 Å². The van der Waals surface area contributed by atoms with E-state index in [1.54, 1.807) is 18.9 Å². The van der Waals surface area contributed by atoms with Gasteiger partial charge in [-0.1, -0.05) is 22.4 Å². The number of carbonyl (C=O) groups is 1. The van der Waals surface area contributed by atoms with Crippen LogP contribution in [-0.2, 0) is 4.79 Å². The highest BCUT2D eigenvalue weighted by atomic mass is 79.9. The van der Waals surface area contributed by atoms with Gasteiger partial charge in [0.05, 0.1) is 18.0 Å². The van der Waals surface area contributed by atoms with Gasteiger partial charge in [0.2, 0.25) is 5.91 Å². The Labute approximate surface area is 120 Å². The molecule has 0 aliphatic carbocycles. The van der Waals surface area contributed by atoms with Crippen LogP contribution in [0.1, 0.15) is 19.3 Å². The van der Waals surface area contributed by atoms with Crippen LogP contribution in [0.15, 0.2) is 22.7 Å². The van der Waals surface area contributed by atoms with Crippen LogP contribution in [0, 0.1) is 0 Å². The lowest BCUT2D eigenvalue weighted by Gasteiger charge is -2.21. The van der Waals surface area contributed by atoms with Gasteiger partial charge in [0.15, 0.2) is 0 Å². The third-order valence-electron chi connectivity index (χ3n) is 2.89. The van der Waals surface area contributed by atoms with Gasteiger partial charge in [-0.3, -0.25) is 4.79 Å². The largest absolute Gasteiger partial charge is 0.495 e. The lowest BCUT2D eigenvalue weighted by atomic mass is 10.1. The molecule has 1 aliphatic rings. The Kier molecular flexibility index (Phi) is 4.95. The molecule has 1 heterocycles. The van der Waals surface area contributed by atoms with E-state index in [1.807, 2.05) is 18.2 Å². The van der Waals surface area contributed by atoms with Crippen molar-refractivity contribution < 1.29 is 9.53 Å². The normalized spacial score (nSPS) is 19.3. The maximum absolute atomic E-state index is 12.1. The Morgan fingerprint density at radius 2 is 2.33 bits per heavy atom. The van der Waals surface area contributed by atoms with Crippen molar-refractivity contribution in [1.82, 2.24) is 0 Å². The van der Waals surface area contributed by atoms with Crippen molar-refractivity contribution >= 4 is 39.3 Å². The van der Waals surface area contributed by atoms with Crippen LogP contribution in [-0.4, -0.2) is 24.0 Å². The lowest BCUT2D eigenvalue weighted by Crippen LogP contribution is -2.27. The number of anilines is 1. The summed E-state index contributed by atoms with van der Waals surface area (Å²) in [6.07, 6.45) is 3.32. The molecule has 1 amide bonds. The van der Waals surface area contributed by atoms with Crippen LogP contribution in [0.2, 0.25) is 0 Å². The Balaban J connectivity index is 2.07. The molecular weight excluding hydrogens is 314 g/mol. The molecule has 1 saturated heterocycles. The second-order valence-electron chi connectivity index (χ2n) is 4.19. The minimum Gasteiger partial charge on any atom is -0.495 e. The molecule has 2 rings (SSSR count). The van der Waals surface area contributed by atoms with Gasteiger partial charge < -0.3 is 10.1 Å². The summed E-state index contributed by atoms with van der Waals surface area (Å²) >= 11 is 5.14. The Morgan fingerprint density at radius 3 is 3.00 bits per heavy atom. The minimum atomic E-state index is 0.0717. The van der Waals surface area contributed by atoms with E-state index >= 15 is 0 Å². The molecule has 1 aromatic rings. The third-order valence-corrected chi connectivity index (χ3v) is 4.76. The van der Waals surface area contributed by atoms with E-state index < -0.39 is 0 Å². The number of amides is 1. The Morgan fingerprint density at radius 1 is 1.50 bits per heavy atom. The van der Waals surface area contributed by atoms with Crippen molar-refractivity contribution in [2.75, 3.05) is 18.2 Å². The highest BCUT2D eigenvalue weighted by molar-refractivity contribution is 9.10. The van der Waals surface area contributed by atoms with Crippen LogP contribution in [0.4, 0.5) is 5.69 Å². The fraction of sp³-hybridized carbons (Fsp3) is 0.462. The van der Waals surface area contributed by atoms with Gasteiger partial charge in [-0.25, -0.2) is 0 Å². The summed E-state index contributed by atoms with van der Waals surface area (Å²) in [4.78, 5) is 12.1. The number of thioether (sulfide) groups is 1. The van der Waals surface area contributed by atoms with Gasteiger partial charge in [0.1, 0.15) is 5.75 Å². The summed E-state index contributed by atoms with van der Waals surface area (Å²) in [5.41, 5.74) is 0.725. The molecule has 5 heteroatoms. The average molecular weight is 330 g/mol. The van der Waals surface area contributed by atoms with Crippen LogP contribution in [0.3, 0.4) is 0 Å². The number of hydrogen-bond acceptors (Lipinski definition) is 3. The first-order valence-electron chi connectivity index (χ1n) is 5.96. The summed E-state index contributed by atoms with van der Waals surface area (Å²) in [7, 11) is 1.61. The first-order valence-corrected chi connectivity index (χ1v) is 7.81. The number of halogens is 1. The minimum absolute atomic E-state index is 0.0717. The number of nitrogens with one attached hydrogen (secondary N) is 1. The van der Waals surface area contributed by atoms with E-state index in [2.05, 4.69) is 21.2 Å². The van der Waals surface area contributed by atoms with Gasteiger partial charge in [0, 0.05) is 4.47 Å². The van der Waals surface area contributed by atoms with Gasteiger partial charge in [-0.2, -0.15) is 0 Å². The molecule has 3 nitrogen and oxygen atoms in total. The summed E-state index contributed by atoms with van der Waals surface area (Å²) in [5, 5.41) is 3.03. The quantitative estimate of drug-likeness (QED) is 0.919. The van der Waals surface area contributed by atoms with E-state index in [-0.39, 0.29) is 11.2 Å². The summed E-state index contributed by atoms with van der Waals surface area (Å²) in [6, 6.07) is 5.60. The van der Waals surface area contributed by atoms with Crippen LogP contribution in [0.5, 0.6) is 5.75 Å². The van der Waals surface area contributed by atoms with Crippen molar-refractivity contribution in [3.63, 3.8) is 0 Å². The monoisotopic (exact) mass is 329 g/mol. The van der Waals surface area contributed by atoms with Crippen LogP contribution in [0.25, 0.3) is 0 Å². The predicted molar refractivity (Wildman–Crippen MR) is 79.4 cm³/mol. The first kappa shape index (κ1) is 13.7. The van der Waals surface area contributed by atoms with Crippen molar-refractivity contribution in [3.8, 4) is 5.75 Å². The Hall–Kier alpha value is -0.680. The zero-order chi connectivity index (χ0) is 13.0. The molecule has 98 valence electrons. The summed E-state index contributed by atoms with van der Waals surface area (Å²) < 4.78 is 6.17. The molecule has 0 radical (unpaired) electrons. The number of carbonyl (C=O) groups excluding carboxylic acids is 1. The molecular formula is C13H16BrNO2S. The second-order valence-corrected chi connectivity index (χ2v) is 6.42.